The van der Waals surface area contributed by atoms with E-state index >= 15 is 0 Å². The lowest BCUT2D eigenvalue weighted by molar-refractivity contribution is -0.130. The summed E-state index contributed by atoms with van der Waals surface area (Å²) in [7, 11) is 1.71. The number of carbonyl (C=O) groups excluding carboxylic acids is 1. The summed E-state index contributed by atoms with van der Waals surface area (Å²) in [4.78, 5) is 24.6. The Labute approximate surface area is 119 Å². The first kappa shape index (κ1) is 16.2. The van der Waals surface area contributed by atoms with Gasteiger partial charge in [0.2, 0.25) is 5.91 Å². The standard InChI is InChI=1S/C15H22N2O3/c1-15(2,16)10-13(18)17(3)9-8-11-6-4-5-7-12(11)14(19)20/h4-7H,8-10,16H2,1-3H3,(H,19,20). The highest BCUT2D eigenvalue weighted by Gasteiger charge is 2.19. The maximum absolute atomic E-state index is 11.9. The maximum atomic E-state index is 11.9. The SMILES string of the molecule is CN(CCc1ccccc1C(=O)O)C(=O)CC(C)(C)N. The van der Waals surface area contributed by atoms with Gasteiger partial charge in [-0.25, -0.2) is 4.79 Å². The summed E-state index contributed by atoms with van der Waals surface area (Å²) in [5, 5.41) is 9.10. The van der Waals surface area contributed by atoms with Crippen molar-refractivity contribution in [2.24, 2.45) is 5.73 Å². The van der Waals surface area contributed by atoms with Gasteiger partial charge in [0, 0.05) is 25.6 Å². The Morgan fingerprint density at radius 1 is 1.30 bits per heavy atom. The summed E-state index contributed by atoms with van der Waals surface area (Å²) in [5.74, 6) is -0.983. The minimum Gasteiger partial charge on any atom is -0.478 e. The first-order valence-electron chi connectivity index (χ1n) is 6.55. The van der Waals surface area contributed by atoms with Gasteiger partial charge in [0.05, 0.1) is 5.56 Å². The Morgan fingerprint density at radius 2 is 1.90 bits per heavy atom. The van der Waals surface area contributed by atoms with Crippen molar-refractivity contribution in [1.82, 2.24) is 4.90 Å². The number of benzene rings is 1. The highest BCUT2D eigenvalue weighted by molar-refractivity contribution is 5.89. The third kappa shape index (κ3) is 5.01. The summed E-state index contributed by atoms with van der Waals surface area (Å²) in [6.45, 7) is 4.08. The molecule has 0 bridgehead atoms. The van der Waals surface area contributed by atoms with Gasteiger partial charge in [-0.05, 0) is 31.9 Å². The molecule has 0 saturated heterocycles. The molecule has 1 rings (SSSR count). The summed E-state index contributed by atoms with van der Waals surface area (Å²) in [5.41, 5.74) is 6.30. The lowest BCUT2D eigenvalue weighted by Crippen LogP contribution is -2.40. The van der Waals surface area contributed by atoms with Crippen molar-refractivity contribution in [3.05, 3.63) is 35.4 Å². The van der Waals surface area contributed by atoms with Gasteiger partial charge >= 0.3 is 5.97 Å². The van der Waals surface area contributed by atoms with E-state index < -0.39 is 11.5 Å². The van der Waals surface area contributed by atoms with Crippen molar-refractivity contribution in [1.29, 1.82) is 0 Å². The number of likely N-dealkylation sites (N-methyl/N-ethyl adjacent to an activating group) is 1. The fourth-order valence-electron chi connectivity index (χ4n) is 1.88. The van der Waals surface area contributed by atoms with Crippen LogP contribution in [0.4, 0.5) is 0 Å². The summed E-state index contributed by atoms with van der Waals surface area (Å²) in [6, 6.07) is 6.84. The molecule has 0 fully saturated rings. The monoisotopic (exact) mass is 278 g/mol. The number of nitrogens with two attached hydrogens (primary N) is 1. The fourth-order valence-corrected chi connectivity index (χ4v) is 1.88. The number of hydrogen-bond donors (Lipinski definition) is 2. The Morgan fingerprint density at radius 3 is 2.45 bits per heavy atom. The molecule has 3 N–H and O–H groups in total. The van der Waals surface area contributed by atoms with E-state index in [1.165, 1.54) is 0 Å². The molecule has 0 saturated carbocycles. The number of carboxylic acid groups (broad SMARTS) is 1. The largest absolute Gasteiger partial charge is 0.478 e. The summed E-state index contributed by atoms with van der Waals surface area (Å²) < 4.78 is 0. The second kappa shape index (κ2) is 6.52. The molecule has 0 unspecified atom stereocenters. The number of carbonyl (C=O) groups is 2. The highest BCUT2D eigenvalue weighted by atomic mass is 16.4. The molecule has 0 aliphatic rings. The number of rotatable bonds is 6. The van der Waals surface area contributed by atoms with Gasteiger partial charge in [0.25, 0.3) is 0 Å². The van der Waals surface area contributed by atoms with Crippen LogP contribution in [0.5, 0.6) is 0 Å². The van der Waals surface area contributed by atoms with Crippen LogP contribution in [0.2, 0.25) is 0 Å². The molecule has 1 amide bonds. The van der Waals surface area contributed by atoms with E-state index in [0.29, 0.717) is 13.0 Å². The van der Waals surface area contributed by atoms with Crippen LogP contribution in [0.3, 0.4) is 0 Å². The fraction of sp³-hybridized carbons (Fsp3) is 0.467. The van der Waals surface area contributed by atoms with Gasteiger partial charge in [-0.15, -0.1) is 0 Å². The van der Waals surface area contributed by atoms with Gasteiger partial charge in [-0.3, -0.25) is 4.79 Å². The third-order valence-electron chi connectivity index (χ3n) is 3.00. The second-order valence-corrected chi connectivity index (χ2v) is 5.69. The van der Waals surface area contributed by atoms with Crippen LogP contribution >= 0.6 is 0 Å². The van der Waals surface area contributed by atoms with Crippen LogP contribution in [0.1, 0.15) is 36.2 Å². The number of carboxylic acids is 1. The van der Waals surface area contributed by atoms with Crippen LogP contribution in [-0.4, -0.2) is 41.0 Å². The molecule has 20 heavy (non-hydrogen) atoms. The van der Waals surface area contributed by atoms with Gasteiger partial charge in [-0.2, -0.15) is 0 Å². The van der Waals surface area contributed by atoms with E-state index in [4.69, 9.17) is 10.8 Å². The average Bonchev–Trinajstić information content (AvgIpc) is 2.34. The van der Waals surface area contributed by atoms with E-state index in [-0.39, 0.29) is 17.9 Å². The Kier molecular flexibility index (Phi) is 5.27. The van der Waals surface area contributed by atoms with Crippen LogP contribution in [0.25, 0.3) is 0 Å². The molecule has 5 heteroatoms. The van der Waals surface area contributed by atoms with Gasteiger partial charge in [-0.1, -0.05) is 18.2 Å². The first-order valence-corrected chi connectivity index (χ1v) is 6.55. The minimum absolute atomic E-state index is 0.0368. The number of hydrogen-bond acceptors (Lipinski definition) is 3. The average molecular weight is 278 g/mol. The lowest BCUT2D eigenvalue weighted by Gasteiger charge is -2.23. The van der Waals surface area contributed by atoms with E-state index in [9.17, 15) is 9.59 Å². The third-order valence-corrected chi connectivity index (χ3v) is 3.00. The van der Waals surface area contributed by atoms with Crippen molar-refractivity contribution in [2.75, 3.05) is 13.6 Å². The molecule has 0 aliphatic carbocycles. The van der Waals surface area contributed by atoms with Crippen molar-refractivity contribution in [3.8, 4) is 0 Å². The van der Waals surface area contributed by atoms with Crippen molar-refractivity contribution >= 4 is 11.9 Å². The van der Waals surface area contributed by atoms with Crippen LogP contribution in [0.15, 0.2) is 24.3 Å². The first-order chi connectivity index (χ1) is 9.20. The molecule has 1 aromatic rings. The van der Waals surface area contributed by atoms with E-state index in [1.807, 2.05) is 0 Å². The number of amides is 1. The summed E-state index contributed by atoms with van der Waals surface area (Å²) in [6.07, 6.45) is 0.778. The second-order valence-electron chi connectivity index (χ2n) is 5.69. The maximum Gasteiger partial charge on any atom is 0.335 e. The topological polar surface area (TPSA) is 83.6 Å². The lowest BCUT2D eigenvalue weighted by atomic mass is 10.0. The predicted molar refractivity (Wildman–Crippen MR) is 77.6 cm³/mol. The molecule has 1 aromatic carbocycles. The molecule has 0 aromatic heterocycles. The number of nitrogens with zero attached hydrogens (tertiary/aromatic N) is 1. The zero-order valence-corrected chi connectivity index (χ0v) is 12.2. The molecule has 5 nitrogen and oxygen atoms in total. The quantitative estimate of drug-likeness (QED) is 0.826. The normalized spacial score (nSPS) is 11.2. The molecular weight excluding hydrogens is 256 g/mol. The van der Waals surface area contributed by atoms with Crippen molar-refractivity contribution < 1.29 is 14.7 Å². The molecule has 0 atom stereocenters. The van der Waals surface area contributed by atoms with Crippen LogP contribution in [-0.2, 0) is 11.2 Å². The Balaban J connectivity index is 2.64. The van der Waals surface area contributed by atoms with E-state index in [1.54, 1.807) is 50.1 Å². The summed E-state index contributed by atoms with van der Waals surface area (Å²) >= 11 is 0. The minimum atomic E-state index is -0.947. The Bertz CT molecular complexity index is 492. The Hall–Kier alpha value is -1.88. The van der Waals surface area contributed by atoms with Crippen molar-refractivity contribution in [2.45, 2.75) is 32.2 Å². The zero-order valence-electron chi connectivity index (χ0n) is 12.2. The molecule has 0 heterocycles. The molecule has 110 valence electrons. The molecular formula is C15H22N2O3. The van der Waals surface area contributed by atoms with E-state index in [2.05, 4.69) is 0 Å². The van der Waals surface area contributed by atoms with Crippen molar-refractivity contribution in [3.63, 3.8) is 0 Å². The smallest absolute Gasteiger partial charge is 0.335 e. The highest BCUT2D eigenvalue weighted by Crippen LogP contribution is 2.11. The van der Waals surface area contributed by atoms with Gasteiger partial charge < -0.3 is 15.7 Å². The molecule has 0 spiro atoms. The molecule has 0 radical (unpaired) electrons. The van der Waals surface area contributed by atoms with E-state index in [0.717, 1.165) is 5.56 Å². The molecule has 0 aliphatic heterocycles. The van der Waals surface area contributed by atoms with Crippen LogP contribution < -0.4 is 5.73 Å². The number of aromatic carboxylic acids is 1. The predicted octanol–water partition coefficient (Wildman–Crippen LogP) is 1.51. The van der Waals surface area contributed by atoms with Gasteiger partial charge in [0.15, 0.2) is 0 Å². The van der Waals surface area contributed by atoms with Crippen LogP contribution in [0, 0.1) is 0 Å². The zero-order chi connectivity index (χ0) is 15.3. The van der Waals surface area contributed by atoms with Gasteiger partial charge in [0.1, 0.15) is 0 Å².